The van der Waals surface area contributed by atoms with Crippen LogP contribution >= 0.6 is 0 Å². The van der Waals surface area contributed by atoms with E-state index in [4.69, 9.17) is 4.84 Å². The van der Waals surface area contributed by atoms with Crippen molar-refractivity contribution >= 4 is 11.4 Å². The fourth-order valence-electron chi connectivity index (χ4n) is 4.18. The van der Waals surface area contributed by atoms with E-state index in [1.807, 2.05) is 32.9 Å². The summed E-state index contributed by atoms with van der Waals surface area (Å²) in [7, 11) is 1.62. The van der Waals surface area contributed by atoms with Crippen LogP contribution in [0.1, 0.15) is 48.6 Å². The Bertz CT molecular complexity index is 828. The maximum Gasteiger partial charge on any atom is 0.122 e. The Kier molecular flexibility index (Phi) is 4.63. The standard InChI is InChI=1S/C21H28N2O3/c1-12-13(2)20(25)14(3)18-17(22-26-6)11-21(4,5)23(19(12)18)15-7-9-16(24)10-8-15/h7-10,17,22,24-25H,11H2,1-6H3. The lowest BCUT2D eigenvalue weighted by Gasteiger charge is -2.49. The third-order valence-electron chi connectivity index (χ3n) is 5.54. The number of fused-ring (bicyclic) bond motifs is 1. The monoisotopic (exact) mass is 356 g/mol. The van der Waals surface area contributed by atoms with E-state index in [0.29, 0.717) is 5.75 Å². The maximum atomic E-state index is 10.6. The summed E-state index contributed by atoms with van der Waals surface area (Å²) in [4.78, 5) is 7.58. The molecule has 1 aliphatic heterocycles. The second-order valence-electron chi connectivity index (χ2n) is 7.73. The molecule has 2 aromatic carbocycles. The number of aromatic hydroxyl groups is 2. The van der Waals surface area contributed by atoms with Crippen LogP contribution in [0.5, 0.6) is 11.5 Å². The number of phenolic OH excluding ortho intramolecular Hbond substituents is 2. The van der Waals surface area contributed by atoms with Crippen LogP contribution in [0.2, 0.25) is 0 Å². The number of nitrogens with one attached hydrogen (secondary N) is 1. The summed E-state index contributed by atoms with van der Waals surface area (Å²) >= 11 is 0. The summed E-state index contributed by atoms with van der Waals surface area (Å²) in [5.74, 6) is 0.590. The first-order valence-electron chi connectivity index (χ1n) is 8.89. The molecule has 3 rings (SSSR count). The smallest absolute Gasteiger partial charge is 0.122 e. The molecule has 3 N–H and O–H groups in total. The van der Waals surface area contributed by atoms with Crippen molar-refractivity contribution in [3.8, 4) is 11.5 Å². The lowest BCUT2D eigenvalue weighted by Crippen LogP contribution is -2.48. The second-order valence-corrected chi connectivity index (χ2v) is 7.73. The van der Waals surface area contributed by atoms with E-state index < -0.39 is 0 Å². The highest BCUT2D eigenvalue weighted by atomic mass is 16.6. The number of anilines is 2. The highest BCUT2D eigenvalue weighted by Gasteiger charge is 2.41. The Labute approximate surface area is 155 Å². The van der Waals surface area contributed by atoms with Crippen LogP contribution in [0.3, 0.4) is 0 Å². The first-order chi connectivity index (χ1) is 12.2. The van der Waals surface area contributed by atoms with E-state index in [-0.39, 0.29) is 17.3 Å². The van der Waals surface area contributed by atoms with Gasteiger partial charge in [0.05, 0.1) is 18.8 Å². The minimum atomic E-state index is -0.194. The van der Waals surface area contributed by atoms with Gasteiger partial charge in [0.25, 0.3) is 0 Å². The van der Waals surface area contributed by atoms with Crippen molar-refractivity contribution in [1.29, 1.82) is 0 Å². The maximum absolute atomic E-state index is 10.6. The molecule has 2 aromatic rings. The molecular formula is C21H28N2O3. The zero-order chi connectivity index (χ0) is 19.2. The van der Waals surface area contributed by atoms with Crippen LogP contribution in [0.15, 0.2) is 24.3 Å². The van der Waals surface area contributed by atoms with Gasteiger partial charge >= 0.3 is 0 Å². The Morgan fingerprint density at radius 1 is 1.04 bits per heavy atom. The van der Waals surface area contributed by atoms with Crippen molar-refractivity contribution < 1.29 is 15.1 Å². The van der Waals surface area contributed by atoms with Gasteiger partial charge in [0.1, 0.15) is 11.5 Å². The Morgan fingerprint density at radius 3 is 2.23 bits per heavy atom. The number of benzene rings is 2. The molecule has 0 saturated heterocycles. The molecule has 1 heterocycles. The van der Waals surface area contributed by atoms with Crippen molar-refractivity contribution in [1.82, 2.24) is 5.48 Å². The van der Waals surface area contributed by atoms with Gasteiger partial charge in [-0.3, -0.25) is 0 Å². The van der Waals surface area contributed by atoms with Gasteiger partial charge < -0.3 is 20.0 Å². The van der Waals surface area contributed by atoms with Crippen LogP contribution in [0.4, 0.5) is 11.4 Å². The highest BCUT2D eigenvalue weighted by Crippen LogP contribution is 2.52. The molecular weight excluding hydrogens is 328 g/mol. The van der Waals surface area contributed by atoms with Crippen LogP contribution in [-0.2, 0) is 4.84 Å². The molecule has 0 fully saturated rings. The number of nitrogens with zero attached hydrogens (tertiary/aromatic N) is 1. The van der Waals surface area contributed by atoms with Gasteiger partial charge in [0.2, 0.25) is 0 Å². The topological polar surface area (TPSA) is 65.0 Å². The predicted octanol–water partition coefficient (Wildman–Crippen LogP) is 4.54. The fraction of sp³-hybridized carbons (Fsp3) is 0.429. The molecule has 5 nitrogen and oxygen atoms in total. The van der Waals surface area contributed by atoms with Gasteiger partial charge in [0, 0.05) is 16.8 Å². The first kappa shape index (κ1) is 18.5. The molecule has 0 saturated carbocycles. The molecule has 0 radical (unpaired) electrons. The quantitative estimate of drug-likeness (QED) is 0.705. The lowest BCUT2D eigenvalue weighted by molar-refractivity contribution is 0.0494. The molecule has 26 heavy (non-hydrogen) atoms. The normalized spacial score (nSPS) is 18.7. The van der Waals surface area contributed by atoms with Crippen molar-refractivity contribution in [2.75, 3.05) is 12.0 Å². The average molecular weight is 356 g/mol. The van der Waals surface area contributed by atoms with E-state index in [1.54, 1.807) is 19.2 Å². The lowest BCUT2D eigenvalue weighted by atomic mass is 9.79. The molecule has 0 bridgehead atoms. The molecule has 140 valence electrons. The van der Waals surface area contributed by atoms with E-state index >= 15 is 0 Å². The SMILES string of the molecule is CONC1CC(C)(C)N(c2ccc(O)cc2)c2c(C)c(C)c(O)c(C)c21. The Balaban J connectivity index is 2.33. The van der Waals surface area contributed by atoms with Crippen LogP contribution in [-0.4, -0.2) is 22.9 Å². The van der Waals surface area contributed by atoms with Gasteiger partial charge in [-0.1, -0.05) is 0 Å². The zero-order valence-electron chi connectivity index (χ0n) is 16.3. The number of rotatable bonds is 3. The van der Waals surface area contributed by atoms with Gasteiger partial charge in [-0.15, -0.1) is 0 Å². The minimum Gasteiger partial charge on any atom is -0.508 e. The van der Waals surface area contributed by atoms with E-state index in [0.717, 1.165) is 40.0 Å². The van der Waals surface area contributed by atoms with Gasteiger partial charge in [0.15, 0.2) is 0 Å². The third kappa shape index (κ3) is 2.81. The molecule has 1 atom stereocenters. The van der Waals surface area contributed by atoms with E-state index in [9.17, 15) is 10.2 Å². The minimum absolute atomic E-state index is 0.0245. The summed E-state index contributed by atoms with van der Waals surface area (Å²) in [6.45, 7) is 10.4. The Morgan fingerprint density at radius 2 is 1.65 bits per heavy atom. The number of phenols is 2. The Hall–Kier alpha value is -2.24. The average Bonchev–Trinajstić information content (AvgIpc) is 2.58. The number of hydrogen-bond donors (Lipinski definition) is 3. The molecule has 5 heteroatoms. The van der Waals surface area contributed by atoms with Crippen molar-refractivity contribution in [2.24, 2.45) is 0 Å². The molecule has 0 spiro atoms. The molecule has 0 aromatic heterocycles. The second kappa shape index (κ2) is 6.49. The van der Waals surface area contributed by atoms with Crippen LogP contribution < -0.4 is 10.4 Å². The van der Waals surface area contributed by atoms with E-state index in [1.165, 1.54) is 0 Å². The predicted molar refractivity (Wildman–Crippen MR) is 104 cm³/mol. The number of hydrogen-bond acceptors (Lipinski definition) is 5. The summed E-state index contributed by atoms with van der Waals surface area (Å²) in [6.07, 6.45) is 0.803. The van der Waals surface area contributed by atoms with Crippen molar-refractivity contribution in [2.45, 2.75) is 52.6 Å². The first-order valence-corrected chi connectivity index (χ1v) is 8.89. The van der Waals surface area contributed by atoms with Gasteiger partial charge in [-0.25, -0.2) is 0 Å². The third-order valence-corrected chi connectivity index (χ3v) is 5.54. The van der Waals surface area contributed by atoms with Crippen LogP contribution in [0, 0.1) is 20.8 Å². The summed E-state index contributed by atoms with van der Waals surface area (Å²) < 4.78 is 0. The van der Waals surface area contributed by atoms with Crippen LogP contribution in [0.25, 0.3) is 0 Å². The van der Waals surface area contributed by atoms with Gasteiger partial charge in [-0.2, -0.15) is 5.48 Å². The molecule has 0 amide bonds. The zero-order valence-corrected chi connectivity index (χ0v) is 16.3. The van der Waals surface area contributed by atoms with Crippen molar-refractivity contribution in [3.05, 3.63) is 46.5 Å². The molecule has 0 aliphatic carbocycles. The molecule has 1 aliphatic rings. The summed E-state index contributed by atoms with van der Waals surface area (Å²) in [6, 6.07) is 7.26. The fourth-order valence-corrected chi connectivity index (χ4v) is 4.18. The molecule has 1 unspecified atom stereocenters. The largest absolute Gasteiger partial charge is 0.508 e. The van der Waals surface area contributed by atoms with Gasteiger partial charge in [-0.05, 0) is 82.0 Å². The highest BCUT2D eigenvalue weighted by molar-refractivity contribution is 5.78. The number of hydroxylamine groups is 1. The van der Waals surface area contributed by atoms with E-state index in [2.05, 4.69) is 24.2 Å². The summed E-state index contributed by atoms with van der Waals surface area (Å²) in [5.41, 5.74) is 8.89. The summed E-state index contributed by atoms with van der Waals surface area (Å²) in [5, 5.41) is 20.3. The van der Waals surface area contributed by atoms with Crippen molar-refractivity contribution in [3.63, 3.8) is 0 Å².